The van der Waals surface area contributed by atoms with Crippen LogP contribution in [0.3, 0.4) is 0 Å². The Morgan fingerprint density at radius 2 is 1.20 bits per heavy atom. The number of rotatable bonds is 9. The number of fused-ring (bicyclic) bond motifs is 2. The lowest BCUT2D eigenvalue weighted by molar-refractivity contribution is -0.143. The van der Waals surface area contributed by atoms with Gasteiger partial charge in [0, 0.05) is 17.8 Å². The van der Waals surface area contributed by atoms with Crippen LogP contribution in [0.25, 0.3) is 20.4 Å². The first kappa shape index (κ1) is 39.6. The Kier molecular flexibility index (Phi) is 11.6. The summed E-state index contributed by atoms with van der Waals surface area (Å²) < 4.78 is 104. The van der Waals surface area contributed by atoms with Gasteiger partial charge in [-0.1, -0.05) is 46.9 Å². The van der Waals surface area contributed by atoms with E-state index < -0.39 is 35.0 Å². The molecule has 0 aliphatic rings. The standard InChI is InChI=1S/C24H16F6N2O3S.C15H14N2O2S/c1-34-18-10-8-14(12-19(18)35-2)32(22-31-17-5-3-4-6-20(17)36-22)21(33)15-9-7-13(23(25,26)27)11-16(15)24(28,29)30;1-18-12-8-7-10(9-13(12)19-2)16-15-17-11-5-3-4-6-14(11)20-15/h3-12H,1-2H3;3-9H,1-2H3,(H,16,17). The number of methoxy groups -OCH3 is 4. The smallest absolute Gasteiger partial charge is 0.417 e. The monoisotopic (exact) mass is 812 g/mol. The molecule has 0 aliphatic carbocycles. The average Bonchev–Trinajstić information content (AvgIpc) is 3.80. The molecule has 0 bridgehead atoms. The van der Waals surface area contributed by atoms with Gasteiger partial charge in [-0.3, -0.25) is 9.69 Å². The summed E-state index contributed by atoms with van der Waals surface area (Å²) in [4.78, 5) is 23.5. The number of alkyl halides is 6. The highest BCUT2D eigenvalue weighted by Crippen LogP contribution is 2.42. The number of ether oxygens (including phenoxy) is 4. The van der Waals surface area contributed by atoms with Crippen molar-refractivity contribution in [3.05, 3.63) is 120 Å². The molecule has 0 saturated carbocycles. The summed E-state index contributed by atoms with van der Waals surface area (Å²) in [7, 11) is 5.97. The van der Waals surface area contributed by atoms with Crippen LogP contribution in [-0.4, -0.2) is 44.3 Å². The number of aromatic nitrogens is 2. The molecule has 7 aromatic rings. The van der Waals surface area contributed by atoms with Crippen LogP contribution in [0.1, 0.15) is 21.5 Å². The second-order valence-electron chi connectivity index (χ2n) is 11.6. The summed E-state index contributed by atoms with van der Waals surface area (Å²) in [6.45, 7) is 0. The lowest BCUT2D eigenvalue weighted by Gasteiger charge is -2.23. The minimum Gasteiger partial charge on any atom is -0.493 e. The zero-order valence-corrected chi connectivity index (χ0v) is 31.4. The largest absolute Gasteiger partial charge is 0.493 e. The van der Waals surface area contributed by atoms with Crippen molar-refractivity contribution in [2.45, 2.75) is 12.4 Å². The van der Waals surface area contributed by atoms with Gasteiger partial charge in [-0.15, -0.1) is 0 Å². The van der Waals surface area contributed by atoms with Crippen LogP contribution in [0.2, 0.25) is 0 Å². The van der Waals surface area contributed by atoms with Gasteiger partial charge in [-0.05, 0) is 66.7 Å². The van der Waals surface area contributed by atoms with Crippen molar-refractivity contribution >= 4 is 70.7 Å². The van der Waals surface area contributed by atoms with Crippen LogP contribution >= 0.6 is 22.7 Å². The van der Waals surface area contributed by atoms with Crippen molar-refractivity contribution in [1.82, 2.24) is 9.97 Å². The summed E-state index contributed by atoms with van der Waals surface area (Å²) in [5.74, 6) is 0.657. The Morgan fingerprint density at radius 1 is 0.625 bits per heavy atom. The van der Waals surface area contributed by atoms with Crippen LogP contribution in [0.5, 0.6) is 23.0 Å². The molecule has 56 heavy (non-hydrogen) atoms. The molecule has 0 fully saturated rings. The van der Waals surface area contributed by atoms with Gasteiger partial charge in [0.2, 0.25) is 0 Å². The number of carbonyl (C=O) groups excluding carboxylic acids is 1. The molecule has 9 nitrogen and oxygen atoms in total. The van der Waals surface area contributed by atoms with Crippen LogP contribution in [-0.2, 0) is 12.4 Å². The average molecular weight is 813 g/mol. The summed E-state index contributed by atoms with van der Waals surface area (Å²) in [6, 6.07) is 25.7. The van der Waals surface area contributed by atoms with Gasteiger partial charge >= 0.3 is 12.4 Å². The zero-order valence-electron chi connectivity index (χ0n) is 29.8. The van der Waals surface area contributed by atoms with E-state index in [0.717, 1.165) is 37.3 Å². The van der Waals surface area contributed by atoms with Gasteiger partial charge in [-0.2, -0.15) is 26.3 Å². The molecule has 1 amide bonds. The molecule has 290 valence electrons. The molecular weight excluding hydrogens is 783 g/mol. The molecule has 2 aromatic heterocycles. The van der Waals surface area contributed by atoms with Crippen molar-refractivity contribution in [2.24, 2.45) is 0 Å². The summed E-state index contributed by atoms with van der Waals surface area (Å²) in [6.07, 6.45) is -10.3. The number of para-hydroxylation sites is 2. The predicted molar refractivity (Wildman–Crippen MR) is 205 cm³/mol. The zero-order chi connectivity index (χ0) is 40.2. The second kappa shape index (κ2) is 16.3. The topological polar surface area (TPSA) is 95.0 Å². The Bertz CT molecular complexity index is 2440. The molecule has 0 radical (unpaired) electrons. The number of nitrogens with one attached hydrogen (secondary N) is 1. The number of benzene rings is 5. The number of amides is 1. The van der Waals surface area contributed by atoms with E-state index in [1.165, 1.54) is 32.4 Å². The lowest BCUT2D eigenvalue weighted by atomic mass is 10.0. The molecule has 5 aromatic carbocycles. The third-order valence-corrected chi connectivity index (χ3v) is 10.1. The predicted octanol–water partition coefficient (Wildman–Crippen LogP) is 11.4. The molecule has 0 saturated heterocycles. The minimum atomic E-state index is -5.23. The Hall–Kier alpha value is -6.07. The normalized spacial score (nSPS) is 11.5. The fraction of sp³-hybridized carbons (Fsp3) is 0.154. The van der Waals surface area contributed by atoms with Gasteiger partial charge < -0.3 is 24.3 Å². The van der Waals surface area contributed by atoms with E-state index in [2.05, 4.69) is 21.4 Å². The minimum absolute atomic E-state index is 0.0152. The van der Waals surface area contributed by atoms with Crippen molar-refractivity contribution in [3.8, 4) is 23.0 Å². The van der Waals surface area contributed by atoms with Crippen molar-refractivity contribution < 1.29 is 50.1 Å². The molecule has 0 aliphatic heterocycles. The molecular formula is C39H30F6N4O5S2. The highest BCUT2D eigenvalue weighted by atomic mass is 32.1. The number of carbonyl (C=O) groups is 1. The fourth-order valence-electron chi connectivity index (χ4n) is 5.46. The fourth-order valence-corrected chi connectivity index (χ4v) is 7.33. The maximum absolute atomic E-state index is 13.8. The number of nitrogens with zero attached hydrogens (tertiary/aromatic N) is 3. The van der Waals surface area contributed by atoms with Crippen molar-refractivity contribution in [1.29, 1.82) is 0 Å². The van der Waals surface area contributed by atoms with E-state index in [0.29, 0.717) is 39.6 Å². The molecule has 0 unspecified atom stereocenters. The Balaban J connectivity index is 0.000000223. The van der Waals surface area contributed by atoms with Crippen LogP contribution in [0.15, 0.2) is 103 Å². The van der Waals surface area contributed by atoms with Crippen LogP contribution in [0, 0.1) is 0 Å². The number of hydrogen-bond acceptors (Lipinski definition) is 10. The molecule has 7 rings (SSSR count). The molecule has 0 spiro atoms. The molecule has 0 atom stereocenters. The van der Waals surface area contributed by atoms with Crippen molar-refractivity contribution in [2.75, 3.05) is 38.7 Å². The first-order valence-corrected chi connectivity index (χ1v) is 17.9. The van der Waals surface area contributed by atoms with E-state index in [1.807, 2.05) is 36.4 Å². The molecule has 1 N–H and O–H groups in total. The van der Waals surface area contributed by atoms with Gasteiger partial charge in [0.1, 0.15) is 0 Å². The number of thiazole rings is 2. The van der Waals surface area contributed by atoms with E-state index >= 15 is 0 Å². The van der Waals surface area contributed by atoms with Gasteiger partial charge in [0.15, 0.2) is 33.3 Å². The van der Waals surface area contributed by atoms with E-state index in [4.69, 9.17) is 18.9 Å². The number of anilines is 4. The highest BCUT2D eigenvalue weighted by Gasteiger charge is 2.41. The van der Waals surface area contributed by atoms with Crippen LogP contribution in [0.4, 0.5) is 48.0 Å². The second-order valence-corrected chi connectivity index (χ2v) is 13.6. The quantitative estimate of drug-likeness (QED) is 0.144. The highest BCUT2D eigenvalue weighted by molar-refractivity contribution is 7.22. The summed E-state index contributed by atoms with van der Waals surface area (Å²) in [5, 5.41) is 4.17. The first-order chi connectivity index (χ1) is 26.7. The number of hydrogen-bond donors (Lipinski definition) is 1. The third-order valence-electron chi connectivity index (χ3n) is 8.11. The SMILES string of the molecule is COc1ccc(N(C(=O)c2ccc(C(F)(F)F)cc2C(F)(F)F)c2nc3ccccc3s2)cc1OC.COc1ccc(Nc2nc3ccccc3s2)cc1OC. The lowest BCUT2D eigenvalue weighted by Crippen LogP contribution is -2.29. The maximum Gasteiger partial charge on any atom is 0.417 e. The summed E-state index contributed by atoms with van der Waals surface area (Å²) >= 11 is 2.65. The first-order valence-electron chi connectivity index (χ1n) is 16.3. The summed E-state index contributed by atoms with van der Waals surface area (Å²) in [5.41, 5.74) is -1.73. The van der Waals surface area contributed by atoms with Crippen molar-refractivity contribution in [3.63, 3.8) is 0 Å². The van der Waals surface area contributed by atoms with Gasteiger partial charge in [0.25, 0.3) is 5.91 Å². The molecule has 2 heterocycles. The maximum atomic E-state index is 13.8. The Morgan fingerprint density at radius 3 is 1.77 bits per heavy atom. The number of halogens is 6. The molecule has 17 heteroatoms. The van der Waals surface area contributed by atoms with E-state index in [1.54, 1.807) is 49.8 Å². The van der Waals surface area contributed by atoms with E-state index in [9.17, 15) is 31.1 Å². The van der Waals surface area contributed by atoms with Gasteiger partial charge in [-0.25, -0.2) is 9.97 Å². The Labute approximate surface area is 323 Å². The van der Waals surface area contributed by atoms with Crippen LogP contribution < -0.4 is 29.2 Å². The van der Waals surface area contributed by atoms with Gasteiger partial charge in [0.05, 0.1) is 71.3 Å². The third kappa shape index (κ3) is 8.58. The van der Waals surface area contributed by atoms with E-state index in [-0.39, 0.29) is 22.6 Å².